The third kappa shape index (κ3) is 4.34. The first-order chi connectivity index (χ1) is 9.23. The average molecular weight is 299 g/mol. The summed E-state index contributed by atoms with van der Waals surface area (Å²) >= 11 is 0. The minimum Gasteiger partial charge on any atom is -0.478 e. The fourth-order valence-electron chi connectivity index (χ4n) is 1.61. The van der Waals surface area contributed by atoms with E-state index >= 15 is 0 Å². The van der Waals surface area contributed by atoms with Crippen molar-refractivity contribution in [2.75, 3.05) is 12.8 Å². The molecule has 7 heteroatoms. The van der Waals surface area contributed by atoms with Gasteiger partial charge in [-0.15, -0.1) is 0 Å². The fourth-order valence-corrected chi connectivity index (χ4v) is 2.08. The molecule has 0 aliphatic carbocycles. The van der Waals surface area contributed by atoms with E-state index in [-0.39, 0.29) is 12.1 Å². The Morgan fingerprint density at radius 1 is 1.30 bits per heavy atom. The molecule has 0 saturated carbocycles. The van der Waals surface area contributed by atoms with Gasteiger partial charge in [0.15, 0.2) is 9.84 Å². The van der Waals surface area contributed by atoms with Gasteiger partial charge in [-0.1, -0.05) is 18.2 Å². The first-order valence-electron chi connectivity index (χ1n) is 6.01. The van der Waals surface area contributed by atoms with Crippen LogP contribution in [0.4, 0.5) is 0 Å². The van der Waals surface area contributed by atoms with E-state index in [4.69, 9.17) is 5.11 Å². The molecule has 0 aromatic heterocycles. The second-order valence-corrected chi connectivity index (χ2v) is 6.84. The minimum absolute atomic E-state index is 0.179. The van der Waals surface area contributed by atoms with Crippen LogP contribution >= 0.6 is 0 Å². The van der Waals surface area contributed by atoms with Crippen LogP contribution in [0.3, 0.4) is 0 Å². The van der Waals surface area contributed by atoms with Crippen molar-refractivity contribution in [3.05, 3.63) is 35.4 Å². The van der Waals surface area contributed by atoms with Gasteiger partial charge in [0.2, 0.25) is 5.91 Å². The van der Waals surface area contributed by atoms with Crippen LogP contribution in [0.25, 0.3) is 0 Å². The van der Waals surface area contributed by atoms with Crippen LogP contribution in [-0.4, -0.2) is 43.5 Å². The molecular weight excluding hydrogens is 282 g/mol. The molecule has 0 aliphatic heterocycles. The summed E-state index contributed by atoms with van der Waals surface area (Å²) in [6, 6.07) is 6.48. The second kappa shape index (κ2) is 6.51. The molecule has 0 heterocycles. The lowest BCUT2D eigenvalue weighted by Gasteiger charge is -2.11. The van der Waals surface area contributed by atoms with Crippen LogP contribution in [-0.2, 0) is 21.1 Å². The average Bonchev–Trinajstić information content (AvgIpc) is 2.37. The predicted octanol–water partition coefficient (Wildman–Crippen LogP) is 0.477. The van der Waals surface area contributed by atoms with Crippen molar-refractivity contribution in [2.24, 2.45) is 0 Å². The van der Waals surface area contributed by atoms with Gasteiger partial charge >= 0.3 is 5.97 Å². The Labute approximate surface area is 117 Å². The molecule has 6 nitrogen and oxygen atoms in total. The molecule has 0 saturated heterocycles. The zero-order valence-electron chi connectivity index (χ0n) is 11.3. The molecule has 0 bridgehead atoms. The van der Waals surface area contributed by atoms with Crippen LogP contribution < -0.4 is 5.32 Å². The number of hydrogen-bond donors (Lipinski definition) is 2. The summed E-state index contributed by atoms with van der Waals surface area (Å²) in [7, 11) is -3.42. The quantitative estimate of drug-likeness (QED) is 0.795. The summed E-state index contributed by atoms with van der Waals surface area (Å²) in [4.78, 5) is 22.6. The van der Waals surface area contributed by atoms with Crippen molar-refractivity contribution in [1.82, 2.24) is 5.32 Å². The van der Waals surface area contributed by atoms with Crippen molar-refractivity contribution >= 4 is 21.7 Å². The highest BCUT2D eigenvalue weighted by molar-refractivity contribution is 7.92. The van der Waals surface area contributed by atoms with Gasteiger partial charge < -0.3 is 10.4 Å². The number of carboxylic acids is 1. The highest BCUT2D eigenvalue weighted by Gasteiger charge is 2.22. The Hall–Kier alpha value is -1.89. The summed E-state index contributed by atoms with van der Waals surface area (Å²) < 4.78 is 22.4. The third-order valence-electron chi connectivity index (χ3n) is 2.95. The van der Waals surface area contributed by atoms with Gasteiger partial charge in [0.05, 0.1) is 5.56 Å². The van der Waals surface area contributed by atoms with Gasteiger partial charge in [-0.05, 0) is 25.0 Å². The number of sulfone groups is 1. The number of carboxylic acid groups (broad SMARTS) is 1. The number of amides is 1. The van der Waals surface area contributed by atoms with Gasteiger partial charge in [-0.2, -0.15) is 0 Å². The Balaban J connectivity index is 2.62. The molecule has 0 radical (unpaired) electrons. The molecule has 0 spiro atoms. The monoisotopic (exact) mass is 299 g/mol. The summed E-state index contributed by atoms with van der Waals surface area (Å²) in [5.74, 6) is -1.61. The van der Waals surface area contributed by atoms with E-state index < -0.39 is 27.0 Å². The van der Waals surface area contributed by atoms with E-state index in [0.717, 1.165) is 6.26 Å². The highest BCUT2D eigenvalue weighted by Crippen LogP contribution is 2.09. The molecule has 1 atom stereocenters. The molecule has 2 N–H and O–H groups in total. The van der Waals surface area contributed by atoms with Crippen molar-refractivity contribution in [3.8, 4) is 0 Å². The number of hydrogen-bond acceptors (Lipinski definition) is 4. The van der Waals surface area contributed by atoms with E-state index in [1.165, 1.54) is 13.0 Å². The maximum absolute atomic E-state index is 11.6. The summed E-state index contributed by atoms with van der Waals surface area (Å²) in [6.07, 6.45) is 1.32. The van der Waals surface area contributed by atoms with Gasteiger partial charge in [0.1, 0.15) is 5.25 Å². The molecule has 110 valence electrons. The lowest BCUT2D eigenvalue weighted by atomic mass is 10.0. The van der Waals surface area contributed by atoms with Gasteiger partial charge in [-0.25, -0.2) is 13.2 Å². The Kier molecular flexibility index (Phi) is 5.26. The van der Waals surface area contributed by atoms with E-state index in [1.54, 1.807) is 18.2 Å². The zero-order valence-corrected chi connectivity index (χ0v) is 12.1. The minimum atomic E-state index is -3.42. The van der Waals surface area contributed by atoms with Crippen molar-refractivity contribution < 1.29 is 23.1 Å². The Morgan fingerprint density at radius 2 is 1.90 bits per heavy atom. The fraction of sp³-hybridized carbons (Fsp3) is 0.385. The normalized spacial score (nSPS) is 12.7. The maximum atomic E-state index is 11.6. The topological polar surface area (TPSA) is 101 Å². The molecule has 1 aromatic rings. The van der Waals surface area contributed by atoms with Crippen LogP contribution in [0.5, 0.6) is 0 Å². The van der Waals surface area contributed by atoms with Crippen molar-refractivity contribution in [1.29, 1.82) is 0 Å². The Bertz CT molecular complexity index is 609. The molecule has 1 aromatic carbocycles. The van der Waals surface area contributed by atoms with Crippen molar-refractivity contribution in [3.63, 3.8) is 0 Å². The lowest BCUT2D eigenvalue weighted by molar-refractivity contribution is -0.120. The first kappa shape index (κ1) is 16.2. The largest absolute Gasteiger partial charge is 0.478 e. The predicted molar refractivity (Wildman–Crippen MR) is 74.4 cm³/mol. The molecule has 20 heavy (non-hydrogen) atoms. The van der Waals surface area contributed by atoms with Gasteiger partial charge in [0, 0.05) is 12.8 Å². The second-order valence-electron chi connectivity index (χ2n) is 4.48. The Morgan fingerprint density at radius 3 is 2.45 bits per heavy atom. The number of aromatic carboxylic acids is 1. The summed E-state index contributed by atoms with van der Waals surface area (Å²) in [5.41, 5.74) is 0.769. The van der Waals surface area contributed by atoms with Crippen LogP contribution in [0.15, 0.2) is 24.3 Å². The number of nitrogens with one attached hydrogen (secondary N) is 1. The standard InChI is InChI=1S/C13H17NO5S/c1-9(20(2,18)19)12(15)14-8-7-10-5-3-4-6-11(10)13(16)17/h3-6,9H,7-8H2,1-2H3,(H,14,15)(H,16,17). The number of benzene rings is 1. The van der Waals surface area contributed by atoms with Crippen LogP contribution in [0.1, 0.15) is 22.8 Å². The molecular formula is C13H17NO5S. The van der Waals surface area contributed by atoms with Crippen LogP contribution in [0, 0.1) is 0 Å². The van der Waals surface area contributed by atoms with E-state index in [2.05, 4.69) is 5.32 Å². The van der Waals surface area contributed by atoms with E-state index in [0.29, 0.717) is 12.0 Å². The number of rotatable bonds is 6. The van der Waals surface area contributed by atoms with Gasteiger partial charge in [-0.3, -0.25) is 4.79 Å². The summed E-state index contributed by atoms with van der Waals surface area (Å²) in [6.45, 7) is 1.50. The highest BCUT2D eigenvalue weighted by atomic mass is 32.2. The number of carbonyl (C=O) groups excluding carboxylic acids is 1. The molecule has 0 aliphatic rings. The number of carbonyl (C=O) groups is 2. The van der Waals surface area contributed by atoms with E-state index in [9.17, 15) is 18.0 Å². The summed E-state index contributed by atoms with van der Waals surface area (Å²) in [5, 5.41) is 10.4. The molecule has 1 rings (SSSR count). The molecule has 1 amide bonds. The first-order valence-corrected chi connectivity index (χ1v) is 7.96. The lowest BCUT2D eigenvalue weighted by Crippen LogP contribution is -2.38. The smallest absolute Gasteiger partial charge is 0.335 e. The van der Waals surface area contributed by atoms with Crippen molar-refractivity contribution in [2.45, 2.75) is 18.6 Å². The SMILES string of the molecule is CC(C(=O)NCCc1ccccc1C(=O)O)S(C)(=O)=O. The third-order valence-corrected chi connectivity index (χ3v) is 4.45. The van der Waals surface area contributed by atoms with Crippen LogP contribution in [0.2, 0.25) is 0 Å². The maximum Gasteiger partial charge on any atom is 0.335 e. The zero-order chi connectivity index (χ0) is 15.3. The molecule has 1 unspecified atom stereocenters. The van der Waals surface area contributed by atoms with E-state index in [1.807, 2.05) is 0 Å². The molecule has 0 fully saturated rings. The van der Waals surface area contributed by atoms with Gasteiger partial charge in [0.25, 0.3) is 0 Å².